The fourth-order valence-corrected chi connectivity index (χ4v) is 4.39. The molecule has 0 atom stereocenters. The number of rotatable bonds is 10. The Bertz CT molecular complexity index is 1160. The summed E-state index contributed by atoms with van der Waals surface area (Å²) in [5, 5.41) is 9.20. The minimum Gasteiger partial charge on any atom is -0.486 e. The number of hydrogen-bond acceptors (Lipinski definition) is 7. The first kappa shape index (κ1) is 23.7. The number of aryl methyl sites for hydroxylation is 1. The Hall–Kier alpha value is -3.46. The van der Waals surface area contributed by atoms with Gasteiger partial charge in [0.1, 0.15) is 25.6 Å². The minimum absolute atomic E-state index is 0.00870. The van der Waals surface area contributed by atoms with Crippen LogP contribution in [0.4, 0.5) is 0 Å². The van der Waals surface area contributed by atoms with E-state index in [4.69, 9.17) is 14.2 Å². The summed E-state index contributed by atoms with van der Waals surface area (Å²) in [5.41, 5.74) is 2.11. The maximum atomic E-state index is 12.8. The van der Waals surface area contributed by atoms with Crippen LogP contribution in [0.25, 0.3) is 0 Å². The summed E-state index contributed by atoms with van der Waals surface area (Å²) in [4.78, 5) is 14.5. The van der Waals surface area contributed by atoms with Crippen molar-refractivity contribution in [1.29, 1.82) is 0 Å². The van der Waals surface area contributed by atoms with Gasteiger partial charge in [0, 0.05) is 20.1 Å². The number of ether oxygens (including phenoxy) is 3. The smallest absolute Gasteiger partial charge is 0.233 e. The van der Waals surface area contributed by atoms with Gasteiger partial charge < -0.3 is 19.1 Å². The van der Waals surface area contributed by atoms with Gasteiger partial charge in [0.25, 0.3) is 0 Å². The van der Waals surface area contributed by atoms with Gasteiger partial charge in [-0.05, 0) is 42.3 Å². The van der Waals surface area contributed by atoms with Crippen LogP contribution >= 0.6 is 11.8 Å². The molecule has 1 aliphatic heterocycles. The van der Waals surface area contributed by atoms with Crippen molar-refractivity contribution in [2.45, 2.75) is 31.8 Å². The molecule has 2 aromatic carbocycles. The first-order chi connectivity index (χ1) is 16.5. The molecule has 1 aliphatic rings. The Morgan fingerprint density at radius 1 is 1.21 bits per heavy atom. The van der Waals surface area contributed by atoms with Crippen molar-refractivity contribution >= 4 is 17.7 Å². The second kappa shape index (κ2) is 11.1. The maximum Gasteiger partial charge on any atom is 0.233 e. The lowest BCUT2D eigenvalue weighted by molar-refractivity contribution is -0.127. The molecule has 1 aromatic heterocycles. The van der Waals surface area contributed by atoms with Crippen molar-refractivity contribution in [2.24, 2.45) is 0 Å². The Labute approximate surface area is 203 Å². The minimum atomic E-state index is -0.00870. The summed E-state index contributed by atoms with van der Waals surface area (Å²) >= 11 is 1.35. The number of allylic oxidation sites excluding steroid dienone is 1. The van der Waals surface area contributed by atoms with Crippen LogP contribution < -0.4 is 14.2 Å². The molecule has 8 nitrogen and oxygen atoms in total. The number of carbonyl (C=O) groups excluding carboxylic acids is 1. The largest absolute Gasteiger partial charge is 0.486 e. The van der Waals surface area contributed by atoms with Crippen LogP contribution in [0.15, 0.2) is 60.3 Å². The average Bonchev–Trinajstić information content (AvgIpc) is 3.22. The third-order valence-corrected chi connectivity index (χ3v) is 6.19. The Kier molecular flexibility index (Phi) is 7.74. The zero-order valence-corrected chi connectivity index (χ0v) is 20.2. The van der Waals surface area contributed by atoms with Crippen LogP contribution in [0.3, 0.4) is 0 Å². The summed E-state index contributed by atoms with van der Waals surface area (Å²) in [7, 11) is 1.79. The topological polar surface area (TPSA) is 78.7 Å². The molecule has 0 spiro atoms. The molecule has 2 heterocycles. The SMILES string of the molecule is C=CCn1c(COc2cccc(C)c2)nnc1SCC(=O)N(C)Cc1ccc2c(c1)OCCO2. The summed E-state index contributed by atoms with van der Waals surface area (Å²) in [5.74, 6) is 3.15. The van der Waals surface area contributed by atoms with Crippen LogP contribution in [-0.2, 0) is 24.5 Å². The molecular formula is C25H28N4O4S. The first-order valence-corrected chi connectivity index (χ1v) is 12.0. The van der Waals surface area contributed by atoms with Crippen LogP contribution in [0.1, 0.15) is 17.0 Å². The Morgan fingerprint density at radius 3 is 2.82 bits per heavy atom. The van der Waals surface area contributed by atoms with E-state index in [0.717, 1.165) is 28.4 Å². The molecule has 9 heteroatoms. The second-order valence-electron chi connectivity index (χ2n) is 7.92. The number of carbonyl (C=O) groups is 1. The summed E-state index contributed by atoms with van der Waals surface area (Å²) in [6, 6.07) is 13.6. The highest BCUT2D eigenvalue weighted by molar-refractivity contribution is 7.99. The summed E-state index contributed by atoms with van der Waals surface area (Å²) < 4.78 is 19.0. The predicted octanol–water partition coefficient (Wildman–Crippen LogP) is 3.87. The lowest BCUT2D eigenvalue weighted by Crippen LogP contribution is -2.28. The van der Waals surface area contributed by atoms with Gasteiger partial charge in [-0.1, -0.05) is 36.0 Å². The van der Waals surface area contributed by atoms with Gasteiger partial charge in [-0.25, -0.2) is 0 Å². The zero-order chi connectivity index (χ0) is 23.9. The second-order valence-corrected chi connectivity index (χ2v) is 8.86. The van der Waals surface area contributed by atoms with Gasteiger partial charge in [-0.2, -0.15) is 0 Å². The average molecular weight is 481 g/mol. The van der Waals surface area contributed by atoms with Gasteiger partial charge in [0.2, 0.25) is 5.91 Å². The Balaban J connectivity index is 1.34. The monoisotopic (exact) mass is 480 g/mol. The van der Waals surface area contributed by atoms with Crippen molar-refractivity contribution in [2.75, 3.05) is 26.0 Å². The van der Waals surface area contributed by atoms with Gasteiger partial charge in [0.05, 0.1) is 5.75 Å². The first-order valence-electron chi connectivity index (χ1n) is 11.0. The Morgan fingerprint density at radius 2 is 2.03 bits per heavy atom. The van der Waals surface area contributed by atoms with Crippen LogP contribution in [0, 0.1) is 6.92 Å². The van der Waals surface area contributed by atoms with Crippen LogP contribution in [0.5, 0.6) is 17.2 Å². The standard InChI is InChI=1S/C25H28N4O4S/c1-4-10-29-23(16-33-20-7-5-6-18(2)13-20)26-27-25(29)34-17-24(30)28(3)15-19-8-9-21-22(14-19)32-12-11-31-21/h4-9,13-14H,1,10-12,15-17H2,2-3H3. The molecule has 34 heavy (non-hydrogen) atoms. The molecule has 4 rings (SSSR count). The van der Waals surface area contributed by atoms with Gasteiger partial charge in [-0.3, -0.25) is 9.36 Å². The number of thioether (sulfide) groups is 1. The molecule has 0 aliphatic carbocycles. The zero-order valence-electron chi connectivity index (χ0n) is 19.4. The number of nitrogens with zero attached hydrogens (tertiary/aromatic N) is 4. The molecule has 1 amide bonds. The molecule has 0 saturated heterocycles. The van der Waals surface area contributed by atoms with E-state index in [1.54, 1.807) is 18.0 Å². The number of fused-ring (bicyclic) bond motifs is 1. The number of hydrogen-bond donors (Lipinski definition) is 0. The molecule has 0 bridgehead atoms. The van der Waals surface area contributed by atoms with E-state index in [1.807, 2.05) is 54.0 Å². The molecule has 3 aromatic rings. The van der Waals surface area contributed by atoms with E-state index in [-0.39, 0.29) is 18.3 Å². The quantitative estimate of drug-likeness (QED) is 0.322. The third-order valence-electron chi connectivity index (χ3n) is 5.24. The van der Waals surface area contributed by atoms with Crippen molar-refractivity contribution in [3.63, 3.8) is 0 Å². The van der Waals surface area contributed by atoms with Gasteiger partial charge >= 0.3 is 0 Å². The van der Waals surface area contributed by atoms with Gasteiger partial charge in [-0.15, -0.1) is 16.8 Å². The normalized spacial score (nSPS) is 12.3. The lowest BCUT2D eigenvalue weighted by atomic mass is 10.2. The molecule has 178 valence electrons. The number of aromatic nitrogens is 3. The molecule has 0 fully saturated rings. The molecule has 0 unspecified atom stereocenters. The van der Waals surface area contributed by atoms with Crippen molar-refractivity contribution in [1.82, 2.24) is 19.7 Å². The van der Waals surface area contributed by atoms with Crippen LogP contribution in [0.2, 0.25) is 0 Å². The van der Waals surface area contributed by atoms with Crippen LogP contribution in [-0.4, -0.2) is 51.6 Å². The van der Waals surface area contributed by atoms with E-state index in [2.05, 4.69) is 16.8 Å². The lowest BCUT2D eigenvalue weighted by Gasteiger charge is -2.21. The van der Waals surface area contributed by atoms with E-state index in [0.29, 0.717) is 37.3 Å². The van der Waals surface area contributed by atoms with Crippen molar-refractivity contribution < 1.29 is 19.0 Å². The number of amides is 1. The van der Waals surface area contributed by atoms with E-state index in [9.17, 15) is 4.79 Å². The predicted molar refractivity (Wildman–Crippen MR) is 130 cm³/mol. The molecular weight excluding hydrogens is 452 g/mol. The number of benzene rings is 2. The highest BCUT2D eigenvalue weighted by Crippen LogP contribution is 2.31. The summed E-state index contributed by atoms with van der Waals surface area (Å²) in [6.07, 6.45) is 1.78. The van der Waals surface area contributed by atoms with Crippen molar-refractivity contribution in [3.8, 4) is 17.2 Å². The van der Waals surface area contributed by atoms with E-state index >= 15 is 0 Å². The third kappa shape index (κ3) is 5.91. The summed E-state index contributed by atoms with van der Waals surface area (Å²) in [6.45, 7) is 8.22. The maximum absolute atomic E-state index is 12.8. The molecule has 0 N–H and O–H groups in total. The van der Waals surface area contributed by atoms with Gasteiger partial charge in [0.15, 0.2) is 22.5 Å². The highest BCUT2D eigenvalue weighted by atomic mass is 32.2. The molecule has 0 saturated carbocycles. The molecule has 0 radical (unpaired) electrons. The fraction of sp³-hybridized carbons (Fsp3) is 0.320. The van der Waals surface area contributed by atoms with E-state index < -0.39 is 0 Å². The van der Waals surface area contributed by atoms with Crippen molar-refractivity contribution in [3.05, 3.63) is 72.1 Å². The van der Waals surface area contributed by atoms with E-state index in [1.165, 1.54) is 11.8 Å². The fourth-order valence-electron chi connectivity index (χ4n) is 3.48. The highest BCUT2D eigenvalue weighted by Gasteiger charge is 2.17.